The summed E-state index contributed by atoms with van der Waals surface area (Å²) in [6.07, 6.45) is 1.55. The van der Waals surface area contributed by atoms with Crippen LogP contribution in [0.15, 0.2) is 18.3 Å². The number of hydrogen-bond acceptors (Lipinski definition) is 6. The lowest BCUT2D eigenvalue weighted by Crippen LogP contribution is -2.04. The molecular formula is C13H15N3O4. The van der Waals surface area contributed by atoms with E-state index in [1.54, 1.807) is 18.3 Å². The molecule has 0 unspecified atom stereocenters. The van der Waals surface area contributed by atoms with E-state index in [0.29, 0.717) is 34.0 Å². The molecule has 0 saturated heterocycles. The molecule has 0 aliphatic heterocycles. The van der Waals surface area contributed by atoms with Crippen molar-refractivity contribution in [2.45, 2.75) is 0 Å². The number of esters is 1. The lowest BCUT2D eigenvalue weighted by molar-refractivity contribution is 0.0600. The summed E-state index contributed by atoms with van der Waals surface area (Å²) >= 11 is 0. The number of ether oxygens (including phenoxy) is 3. The summed E-state index contributed by atoms with van der Waals surface area (Å²) in [5.74, 6) is 0.765. The fraction of sp³-hybridized carbons (Fsp3) is 0.231. The van der Waals surface area contributed by atoms with Crippen LogP contribution in [0, 0.1) is 0 Å². The Kier molecular flexibility index (Phi) is 3.79. The van der Waals surface area contributed by atoms with Crippen molar-refractivity contribution in [3.63, 3.8) is 0 Å². The molecule has 0 bridgehead atoms. The zero-order valence-corrected chi connectivity index (χ0v) is 11.4. The zero-order valence-electron chi connectivity index (χ0n) is 11.4. The minimum absolute atomic E-state index is 0.334. The van der Waals surface area contributed by atoms with E-state index in [4.69, 9.17) is 19.9 Å². The van der Waals surface area contributed by atoms with Crippen molar-refractivity contribution in [3.05, 3.63) is 23.9 Å². The minimum Gasteiger partial charge on any atom is -0.493 e. The van der Waals surface area contributed by atoms with Crippen LogP contribution in [-0.4, -0.2) is 37.5 Å². The molecular weight excluding hydrogens is 262 g/mol. The largest absolute Gasteiger partial charge is 0.493 e. The number of aromatic amines is 1. The molecule has 0 aliphatic rings. The molecule has 1 heterocycles. The van der Waals surface area contributed by atoms with Gasteiger partial charge in [-0.15, -0.1) is 0 Å². The second-order valence-corrected chi connectivity index (χ2v) is 3.95. The van der Waals surface area contributed by atoms with Crippen molar-refractivity contribution in [1.82, 2.24) is 10.2 Å². The van der Waals surface area contributed by atoms with E-state index >= 15 is 0 Å². The van der Waals surface area contributed by atoms with E-state index in [1.807, 2.05) is 0 Å². The molecule has 106 valence electrons. The number of nitrogens with zero attached hydrogens (tertiary/aromatic N) is 1. The average molecular weight is 277 g/mol. The number of hydrogen-bond donors (Lipinski definition) is 2. The van der Waals surface area contributed by atoms with E-state index in [1.165, 1.54) is 21.3 Å². The van der Waals surface area contributed by atoms with Crippen LogP contribution < -0.4 is 15.2 Å². The maximum Gasteiger partial charge on any atom is 0.338 e. The number of methoxy groups -OCH3 is 3. The Morgan fingerprint density at radius 2 is 1.95 bits per heavy atom. The number of nitrogens with two attached hydrogens (primary N) is 1. The summed E-state index contributed by atoms with van der Waals surface area (Å²) in [5.41, 5.74) is 7.36. The second kappa shape index (κ2) is 5.52. The first-order valence-electron chi connectivity index (χ1n) is 5.76. The predicted molar refractivity (Wildman–Crippen MR) is 72.9 cm³/mol. The Morgan fingerprint density at radius 1 is 1.20 bits per heavy atom. The van der Waals surface area contributed by atoms with Gasteiger partial charge in [0.1, 0.15) is 5.82 Å². The fourth-order valence-electron chi connectivity index (χ4n) is 1.91. The Morgan fingerprint density at radius 3 is 2.45 bits per heavy atom. The number of carbonyl (C=O) groups excluding carboxylic acids is 1. The number of carbonyl (C=O) groups is 1. The van der Waals surface area contributed by atoms with Gasteiger partial charge in [0.2, 0.25) is 0 Å². The highest BCUT2D eigenvalue weighted by Crippen LogP contribution is 2.40. The van der Waals surface area contributed by atoms with Crippen molar-refractivity contribution in [1.29, 1.82) is 0 Å². The van der Waals surface area contributed by atoms with E-state index in [2.05, 4.69) is 10.2 Å². The van der Waals surface area contributed by atoms with E-state index < -0.39 is 5.97 Å². The molecule has 2 rings (SSSR count). The molecule has 0 atom stereocenters. The zero-order chi connectivity index (χ0) is 14.7. The van der Waals surface area contributed by atoms with Crippen LogP contribution in [-0.2, 0) is 4.74 Å². The molecule has 1 aromatic heterocycles. The molecule has 20 heavy (non-hydrogen) atoms. The Bertz CT molecular complexity index is 637. The van der Waals surface area contributed by atoms with Gasteiger partial charge < -0.3 is 19.9 Å². The topological polar surface area (TPSA) is 99.5 Å². The third-order valence-corrected chi connectivity index (χ3v) is 2.86. The number of rotatable bonds is 4. The monoisotopic (exact) mass is 277 g/mol. The molecule has 0 aliphatic carbocycles. The van der Waals surface area contributed by atoms with Gasteiger partial charge in [-0.05, 0) is 12.1 Å². The van der Waals surface area contributed by atoms with Gasteiger partial charge >= 0.3 is 5.97 Å². The Balaban J connectivity index is 2.70. The fourth-order valence-corrected chi connectivity index (χ4v) is 1.91. The van der Waals surface area contributed by atoms with E-state index in [9.17, 15) is 4.79 Å². The molecule has 0 fully saturated rings. The highest BCUT2D eigenvalue weighted by atomic mass is 16.5. The van der Waals surface area contributed by atoms with Gasteiger partial charge in [0.05, 0.1) is 33.1 Å². The Hall–Kier alpha value is -2.70. The molecule has 2 aromatic rings. The molecule has 1 aromatic carbocycles. The van der Waals surface area contributed by atoms with Gasteiger partial charge in [0.15, 0.2) is 11.5 Å². The van der Waals surface area contributed by atoms with E-state index in [-0.39, 0.29) is 0 Å². The SMILES string of the molecule is COC(=O)c1cc(OC)c(OC)c(-c2cn[nH]c2N)c1. The summed E-state index contributed by atoms with van der Waals surface area (Å²) in [6.45, 7) is 0. The Labute approximate surface area is 115 Å². The lowest BCUT2D eigenvalue weighted by Gasteiger charge is -2.14. The van der Waals surface area contributed by atoms with Crippen molar-refractivity contribution in [3.8, 4) is 22.6 Å². The van der Waals surface area contributed by atoms with Crippen molar-refractivity contribution in [2.24, 2.45) is 0 Å². The van der Waals surface area contributed by atoms with Crippen molar-refractivity contribution >= 4 is 11.8 Å². The average Bonchev–Trinajstić information content (AvgIpc) is 2.90. The van der Waals surface area contributed by atoms with Crippen LogP contribution in [0.25, 0.3) is 11.1 Å². The number of nitrogens with one attached hydrogen (secondary N) is 1. The summed E-state index contributed by atoms with van der Waals surface area (Å²) in [4.78, 5) is 11.7. The molecule has 7 nitrogen and oxygen atoms in total. The van der Waals surface area contributed by atoms with Gasteiger partial charge in [0, 0.05) is 11.1 Å². The van der Waals surface area contributed by atoms with E-state index in [0.717, 1.165) is 0 Å². The highest BCUT2D eigenvalue weighted by molar-refractivity contribution is 5.94. The third-order valence-electron chi connectivity index (χ3n) is 2.86. The number of benzene rings is 1. The van der Waals surface area contributed by atoms with Gasteiger partial charge in [-0.3, -0.25) is 5.10 Å². The molecule has 0 radical (unpaired) electrons. The standard InChI is InChI=1S/C13H15N3O4/c1-18-10-5-7(13(17)20-3)4-8(11(10)19-2)9-6-15-16-12(9)14/h4-6H,1-3H3,(H3,14,15,16). The van der Waals surface area contributed by atoms with Gasteiger partial charge in [-0.2, -0.15) is 5.10 Å². The summed E-state index contributed by atoms with van der Waals surface area (Å²) in [5, 5.41) is 6.49. The number of H-pyrrole nitrogens is 1. The normalized spacial score (nSPS) is 10.2. The van der Waals surface area contributed by atoms with Gasteiger partial charge in [-0.25, -0.2) is 4.79 Å². The summed E-state index contributed by atoms with van der Waals surface area (Å²) < 4.78 is 15.3. The van der Waals surface area contributed by atoms with Gasteiger partial charge in [0.25, 0.3) is 0 Å². The molecule has 0 saturated carbocycles. The van der Waals surface area contributed by atoms with Crippen LogP contribution in [0.1, 0.15) is 10.4 Å². The second-order valence-electron chi connectivity index (χ2n) is 3.95. The first kappa shape index (κ1) is 13.7. The lowest BCUT2D eigenvalue weighted by atomic mass is 10.0. The van der Waals surface area contributed by atoms with Crippen molar-refractivity contribution in [2.75, 3.05) is 27.1 Å². The number of anilines is 1. The van der Waals surface area contributed by atoms with Crippen LogP contribution in [0.4, 0.5) is 5.82 Å². The number of aromatic nitrogens is 2. The molecule has 0 spiro atoms. The van der Waals surface area contributed by atoms with Crippen LogP contribution in [0.3, 0.4) is 0 Å². The first-order valence-corrected chi connectivity index (χ1v) is 5.76. The van der Waals surface area contributed by atoms with Crippen LogP contribution in [0.2, 0.25) is 0 Å². The number of nitrogen functional groups attached to an aromatic ring is 1. The predicted octanol–water partition coefficient (Wildman–Crippen LogP) is 1.46. The molecule has 7 heteroatoms. The van der Waals surface area contributed by atoms with Crippen LogP contribution >= 0.6 is 0 Å². The molecule has 3 N–H and O–H groups in total. The highest BCUT2D eigenvalue weighted by Gasteiger charge is 2.19. The first-order chi connectivity index (χ1) is 9.62. The maximum absolute atomic E-state index is 11.7. The quantitative estimate of drug-likeness (QED) is 0.821. The smallest absolute Gasteiger partial charge is 0.338 e. The van der Waals surface area contributed by atoms with Gasteiger partial charge in [-0.1, -0.05) is 0 Å². The summed E-state index contributed by atoms with van der Waals surface area (Å²) in [7, 11) is 4.31. The van der Waals surface area contributed by atoms with Crippen molar-refractivity contribution < 1.29 is 19.0 Å². The maximum atomic E-state index is 11.7. The van der Waals surface area contributed by atoms with Crippen LogP contribution in [0.5, 0.6) is 11.5 Å². The summed E-state index contributed by atoms with van der Waals surface area (Å²) in [6, 6.07) is 3.17. The molecule has 0 amide bonds. The minimum atomic E-state index is -0.478. The third kappa shape index (κ3) is 2.25.